The number of anilines is 1. The zero-order chi connectivity index (χ0) is 13.0. The van der Waals surface area contributed by atoms with Gasteiger partial charge in [-0.2, -0.15) is 0 Å². The summed E-state index contributed by atoms with van der Waals surface area (Å²) in [5, 5.41) is 12.7. The molecule has 2 heteroatoms. The highest BCUT2D eigenvalue weighted by molar-refractivity contribution is 5.52. The lowest BCUT2D eigenvalue weighted by Gasteiger charge is -2.14. The van der Waals surface area contributed by atoms with Gasteiger partial charge in [0.2, 0.25) is 0 Å². The first-order chi connectivity index (χ1) is 8.66. The summed E-state index contributed by atoms with van der Waals surface area (Å²) in [6.45, 7) is 5.16. The Morgan fingerprint density at radius 2 is 1.67 bits per heavy atom. The third-order valence-electron chi connectivity index (χ3n) is 3.00. The van der Waals surface area contributed by atoms with E-state index in [9.17, 15) is 5.11 Å². The highest BCUT2D eigenvalue weighted by Gasteiger charge is 2.04. The molecule has 0 aliphatic carbocycles. The van der Waals surface area contributed by atoms with Gasteiger partial charge in [0.05, 0.1) is 0 Å². The number of phenols is 1. The molecule has 0 spiro atoms. The third kappa shape index (κ3) is 3.04. The van der Waals surface area contributed by atoms with Gasteiger partial charge in [-0.15, -0.1) is 0 Å². The molecule has 0 saturated carbocycles. The zero-order valence-electron chi connectivity index (χ0n) is 10.9. The average Bonchev–Trinajstić information content (AvgIpc) is 2.38. The van der Waals surface area contributed by atoms with Crippen molar-refractivity contribution >= 4 is 5.69 Å². The van der Waals surface area contributed by atoms with Gasteiger partial charge in [-0.1, -0.05) is 44.2 Å². The number of hydrogen-bond acceptors (Lipinski definition) is 2. The standard InChI is InChI=1S/C16H19NO/c1-12(2)15-5-3-4-6-16(15)17-11-13-7-9-14(18)10-8-13/h3-10,12,17-18H,11H2,1-2H3. The van der Waals surface area contributed by atoms with Gasteiger partial charge >= 0.3 is 0 Å². The van der Waals surface area contributed by atoms with Crippen molar-refractivity contribution in [3.8, 4) is 5.75 Å². The summed E-state index contributed by atoms with van der Waals surface area (Å²) < 4.78 is 0. The Bertz CT molecular complexity index is 503. The van der Waals surface area contributed by atoms with Gasteiger partial charge in [-0.25, -0.2) is 0 Å². The Hall–Kier alpha value is -1.96. The van der Waals surface area contributed by atoms with E-state index in [1.165, 1.54) is 11.3 Å². The largest absolute Gasteiger partial charge is 0.508 e. The SMILES string of the molecule is CC(C)c1ccccc1NCc1ccc(O)cc1. The molecule has 18 heavy (non-hydrogen) atoms. The highest BCUT2D eigenvalue weighted by Crippen LogP contribution is 2.24. The molecular formula is C16H19NO. The topological polar surface area (TPSA) is 32.3 Å². The van der Waals surface area contributed by atoms with Crippen LogP contribution < -0.4 is 5.32 Å². The van der Waals surface area contributed by atoms with Gasteiger partial charge in [-0.05, 0) is 35.2 Å². The van der Waals surface area contributed by atoms with Gasteiger partial charge in [-0.3, -0.25) is 0 Å². The number of para-hydroxylation sites is 1. The van der Waals surface area contributed by atoms with E-state index >= 15 is 0 Å². The molecule has 0 atom stereocenters. The molecule has 2 rings (SSSR count). The third-order valence-corrected chi connectivity index (χ3v) is 3.00. The van der Waals surface area contributed by atoms with Crippen LogP contribution in [0.2, 0.25) is 0 Å². The fourth-order valence-corrected chi connectivity index (χ4v) is 1.97. The molecule has 0 aliphatic rings. The maximum atomic E-state index is 9.24. The molecule has 0 radical (unpaired) electrons. The Morgan fingerprint density at radius 1 is 1.00 bits per heavy atom. The molecule has 0 unspecified atom stereocenters. The molecule has 0 saturated heterocycles. The molecule has 0 heterocycles. The summed E-state index contributed by atoms with van der Waals surface area (Å²) in [7, 11) is 0. The van der Waals surface area contributed by atoms with Crippen LogP contribution >= 0.6 is 0 Å². The van der Waals surface area contributed by atoms with E-state index in [1.54, 1.807) is 12.1 Å². The Balaban J connectivity index is 2.08. The molecule has 2 nitrogen and oxygen atoms in total. The lowest BCUT2D eigenvalue weighted by atomic mass is 10.0. The lowest BCUT2D eigenvalue weighted by molar-refractivity contribution is 0.475. The van der Waals surface area contributed by atoms with Crippen molar-refractivity contribution < 1.29 is 5.11 Å². The maximum Gasteiger partial charge on any atom is 0.115 e. The quantitative estimate of drug-likeness (QED) is 0.843. The van der Waals surface area contributed by atoms with Crippen LogP contribution in [0.4, 0.5) is 5.69 Å². The number of nitrogens with one attached hydrogen (secondary N) is 1. The minimum absolute atomic E-state index is 0.307. The van der Waals surface area contributed by atoms with Crippen LogP contribution in [0.25, 0.3) is 0 Å². The minimum atomic E-state index is 0.307. The van der Waals surface area contributed by atoms with Crippen molar-refractivity contribution in [1.29, 1.82) is 0 Å². The molecule has 0 amide bonds. The van der Waals surface area contributed by atoms with Crippen molar-refractivity contribution in [3.63, 3.8) is 0 Å². The van der Waals surface area contributed by atoms with E-state index in [0.717, 1.165) is 12.1 Å². The van der Waals surface area contributed by atoms with Crippen LogP contribution in [-0.2, 0) is 6.54 Å². The fraction of sp³-hybridized carbons (Fsp3) is 0.250. The van der Waals surface area contributed by atoms with Crippen LogP contribution in [0.5, 0.6) is 5.75 Å². The van der Waals surface area contributed by atoms with Gasteiger partial charge < -0.3 is 10.4 Å². The van der Waals surface area contributed by atoms with Crippen molar-refractivity contribution in [3.05, 3.63) is 59.7 Å². The fourth-order valence-electron chi connectivity index (χ4n) is 1.97. The molecule has 0 aliphatic heterocycles. The minimum Gasteiger partial charge on any atom is -0.508 e. The molecule has 0 fully saturated rings. The Labute approximate surface area is 108 Å². The van der Waals surface area contributed by atoms with Gasteiger partial charge in [0, 0.05) is 12.2 Å². The zero-order valence-corrected chi connectivity index (χ0v) is 10.9. The van der Waals surface area contributed by atoms with E-state index in [2.05, 4.69) is 37.4 Å². The summed E-state index contributed by atoms with van der Waals surface area (Å²) in [4.78, 5) is 0. The first kappa shape index (κ1) is 12.5. The molecule has 2 aromatic rings. The van der Waals surface area contributed by atoms with Crippen LogP contribution in [0.1, 0.15) is 30.9 Å². The van der Waals surface area contributed by atoms with Crippen LogP contribution in [-0.4, -0.2) is 5.11 Å². The van der Waals surface area contributed by atoms with E-state index in [4.69, 9.17) is 0 Å². The van der Waals surface area contributed by atoms with E-state index in [-0.39, 0.29) is 0 Å². The van der Waals surface area contributed by atoms with E-state index < -0.39 is 0 Å². The summed E-state index contributed by atoms with van der Waals surface area (Å²) in [5.41, 5.74) is 3.67. The monoisotopic (exact) mass is 241 g/mol. The first-order valence-electron chi connectivity index (χ1n) is 6.27. The second-order valence-electron chi connectivity index (χ2n) is 4.76. The summed E-state index contributed by atoms with van der Waals surface area (Å²) >= 11 is 0. The highest BCUT2D eigenvalue weighted by atomic mass is 16.3. The van der Waals surface area contributed by atoms with Crippen LogP contribution in [0.3, 0.4) is 0 Å². The number of phenolic OH excluding ortho intramolecular Hbond substituents is 1. The van der Waals surface area contributed by atoms with Crippen molar-refractivity contribution in [1.82, 2.24) is 0 Å². The molecule has 0 aromatic heterocycles. The van der Waals surface area contributed by atoms with Gasteiger partial charge in [0.1, 0.15) is 5.75 Å². The number of rotatable bonds is 4. The summed E-state index contributed by atoms with van der Waals surface area (Å²) in [5.74, 6) is 0.815. The van der Waals surface area contributed by atoms with Crippen molar-refractivity contribution in [2.24, 2.45) is 0 Å². The van der Waals surface area contributed by atoms with Crippen molar-refractivity contribution in [2.45, 2.75) is 26.3 Å². The van der Waals surface area contributed by atoms with Crippen molar-refractivity contribution in [2.75, 3.05) is 5.32 Å². The first-order valence-corrected chi connectivity index (χ1v) is 6.27. The predicted octanol–water partition coefficient (Wildman–Crippen LogP) is 4.13. The maximum absolute atomic E-state index is 9.24. The number of aromatic hydroxyl groups is 1. The van der Waals surface area contributed by atoms with E-state index in [1.807, 2.05) is 18.2 Å². The van der Waals surface area contributed by atoms with Crippen LogP contribution in [0.15, 0.2) is 48.5 Å². The average molecular weight is 241 g/mol. The molecule has 0 bridgehead atoms. The summed E-state index contributed by atoms with van der Waals surface area (Å²) in [6, 6.07) is 15.7. The lowest BCUT2D eigenvalue weighted by Crippen LogP contribution is -2.03. The smallest absolute Gasteiger partial charge is 0.115 e. The van der Waals surface area contributed by atoms with Gasteiger partial charge in [0.25, 0.3) is 0 Å². The number of benzene rings is 2. The molecule has 94 valence electrons. The summed E-state index contributed by atoms with van der Waals surface area (Å²) in [6.07, 6.45) is 0. The molecule has 2 N–H and O–H groups in total. The number of hydrogen-bond donors (Lipinski definition) is 2. The van der Waals surface area contributed by atoms with Gasteiger partial charge in [0.15, 0.2) is 0 Å². The normalized spacial score (nSPS) is 10.6. The molecule has 2 aromatic carbocycles. The Morgan fingerprint density at radius 3 is 2.33 bits per heavy atom. The van der Waals surface area contributed by atoms with E-state index in [0.29, 0.717) is 11.7 Å². The second kappa shape index (κ2) is 5.58. The second-order valence-corrected chi connectivity index (χ2v) is 4.76. The van der Waals surface area contributed by atoms with Crippen LogP contribution in [0, 0.1) is 0 Å². The predicted molar refractivity (Wildman–Crippen MR) is 76.0 cm³/mol. The molecular weight excluding hydrogens is 222 g/mol. The Kier molecular flexibility index (Phi) is 3.88.